The minimum absolute atomic E-state index is 0.262. The number of hydrogen-bond acceptors (Lipinski definition) is 3. The van der Waals surface area contributed by atoms with E-state index in [4.69, 9.17) is 4.74 Å². The van der Waals surface area contributed by atoms with E-state index in [9.17, 15) is 10.1 Å². The van der Waals surface area contributed by atoms with Gasteiger partial charge in [0.25, 0.3) is 0 Å². The van der Waals surface area contributed by atoms with Crippen molar-refractivity contribution >= 4 is 10.9 Å². The largest absolute Gasteiger partial charge is 0.497 e. The van der Waals surface area contributed by atoms with Gasteiger partial charge in [-0.3, -0.25) is 10.1 Å². The number of methoxy groups -OCH3 is 1. The van der Waals surface area contributed by atoms with Crippen LogP contribution in [0.4, 0.5) is 0 Å². The highest BCUT2D eigenvalue weighted by molar-refractivity contribution is 5.84. The molecule has 0 aliphatic carbocycles. The van der Waals surface area contributed by atoms with Crippen LogP contribution in [0, 0.1) is 10.1 Å². The number of fused-ring (bicyclic) bond motifs is 1. The van der Waals surface area contributed by atoms with Crippen LogP contribution in [-0.2, 0) is 6.42 Å². The molecule has 1 heterocycles. The van der Waals surface area contributed by atoms with Crippen LogP contribution in [0.3, 0.4) is 0 Å². The Balaban J connectivity index is 2.33. The summed E-state index contributed by atoms with van der Waals surface area (Å²) >= 11 is 0. The van der Waals surface area contributed by atoms with Crippen molar-refractivity contribution in [2.24, 2.45) is 0 Å². The van der Waals surface area contributed by atoms with E-state index in [-0.39, 0.29) is 4.92 Å². The van der Waals surface area contributed by atoms with Crippen molar-refractivity contribution in [3.63, 3.8) is 0 Å². The maximum Gasteiger partial charge on any atom is 0.214 e. The summed E-state index contributed by atoms with van der Waals surface area (Å²) in [5, 5.41) is 11.7. The molecule has 0 aliphatic heterocycles. The summed E-state index contributed by atoms with van der Waals surface area (Å²) in [6.07, 6.45) is 2.25. The van der Waals surface area contributed by atoms with Gasteiger partial charge in [-0.15, -0.1) is 0 Å². The number of aromatic nitrogens is 1. The summed E-state index contributed by atoms with van der Waals surface area (Å²) in [5.41, 5.74) is 1.90. The topological polar surface area (TPSA) is 68.2 Å². The molecule has 0 radical (unpaired) electrons. The Morgan fingerprint density at radius 2 is 2.29 bits per heavy atom. The number of nitrogens with zero attached hydrogens (tertiary/aromatic N) is 1. The average Bonchev–Trinajstić information content (AvgIpc) is 2.71. The molecule has 0 bridgehead atoms. The Morgan fingerprint density at radius 3 is 2.94 bits per heavy atom. The molecule has 0 amide bonds. The molecular formula is C12H14N2O3. The zero-order valence-corrected chi connectivity index (χ0v) is 9.77. The average molecular weight is 234 g/mol. The standard InChI is InChI=1S/C12H14N2O3/c1-8(14(15)16)5-9-7-13-12-6-10(17-2)3-4-11(9)12/h3-4,6-8,13H,5H2,1-2H3. The Hall–Kier alpha value is -2.04. The summed E-state index contributed by atoms with van der Waals surface area (Å²) in [4.78, 5) is 13.5. The van der Waals surface area contributed by atoms with Gasteiger partial charge < -0.3 is 9.72 Å². The highest BCUT2D eigenvalue weighted by Crippen LogP contribution is 2.24. The molecule has 0 saturated carbocycles. The Bertz CT molecular complexity index is 548. The Kier molecular flexibility index (Phi) is 2.99. The number of benzene rings is 1. The number of hydrogen-bond donors (Lipinski definition) is 1. The molecule has 1 atom stereocenters. The second-order valence-electron chi connectivity index (χ2n) is 4.06. The first-order chi connectivity index (χ1) is 8.11. The van der Waals surface area contributed by atoms with Gasteiger partial charge >= 0.3 is 0 Å². The van der Waals surface area contributed by atoms with Crippen LogP contribution in [0.15, 0.2) is 24.4 Å². The normalized spacial score (nSPS) is 12.6. The molecule has 1 aromatic carbocycles. The summed E-state index contributed by atoms with van der Waals surface area (Å²) in [6.45, 7) is 1.61. The monoisotopic (exact) mass is 234 g/mol. The van der Waals surface area contributed by atoms with Crippen LogP contribution in [0.25, 0.3) is 10.9 Å². The van der Waals surface area contributed by atoms with Gasteiger partial charge in [-0.25, -0.2) is 0 Å². The third-order valence-electron chi connectivity index (χ3n) is 2.85. The predicted molar refractivity (Wildman–Crippen MR) is 65.0 cm³/mol. The number of aromatic amines is 1. The maximum atomic E-state index is 10.6. The lowest BCUT2D eigenvalue weighted by atomic mass is 10.1. The highest BCUT2D eigenvalue weighted by atomic mass is 16.6. The van der Waals surface area contributed by atoms with Crippen LogP contribution in [-0.4, -0.2) is 23.1 Å². The zero-order chi connectivity index (χ0) is 12.4. The van der Waals surface area contributed by atoms with Gasteiger partial charge in [-0.05, 0) is 17.7 Å². The van der Waals surface area contributed by atoms with Gasteiger partial charge in [-0.1, -0.05) is 0 Å². The maximum absolute atomic E-state index is 10.6. The molecule has 0 saturated heterocycles. The van der Waals surface area contributed by atoms with Crippen LogP contribution in [0.5, 0.6) is 5.75 Å². The van der Waals surface area contributed by atoms with E-state index < -0.39 is 6.04 Å². The van der Waals surface area contributed by atoms with Crippen LogP contribution < -0.4 is 4.74 Å². The van der Waals surface area contributed by atoms with E-state index in [1.807, 2.05) is 24.4 Å². The van der Waals surface area contributed by atoms with Crippen molar-refractivity contribution < 1.29 is 9.66 Å². The quantitative estimate of drug-likeness (QED) is 0.652. The molecule has 90 valence electrons. The lowest BCUT2D eigenvalue weighted by Crippen LogP contribution is -2.17. The second kappa shape index (κ2) is 4.45. The lowest BCUT2D eigenvalue weighted by Gasteiger charge is -2.03. The van der Waals surface area contributed by atoms with Gasteiger partial charge in [0.05, 0.1) is 7.11 Å². The second-order valence-corrected chi connectivity index (χ2v) is 4.06. The molecule has 17 heavy (non-hydrogen) atoms. The van der Waals surface area contributed by atoms with Gasteiger partial charge in [0.15, 0.2) is 0 Å². The molecule has 1 aromatic heterocycles. The number of ether oxygens (including phenoxy) is 1. The van der Waals surface area contributed by atoms with Gasteiger partial charge in [0.2, 0.25) is 6.04 Å². The molecule has 5 heteroatoms. The fraction of sp³-hybridized carbons (Fsp3) is 0.333. The molecule has 2 aromatic rings. The van der Waals surface area contributed by atoms with Crippen molar-refractivity contribution in [2.45, 2.75) is 19.4 Å². The Labute approximate surface area is 98.5 Å². The van der Waals surface area contributed by atoms with Crippen molar-refractivity contribution in [3.05, 3.63) is 40.1 Å². The van der Waals surface area contributed by atoms with Crippen LogP contribution in [0.2, 0.25) is 0 Å². The predicted octanol–water partition coefficient (Wildman–Crippen LogP) is 2.38. The first-order valence-electron chi connectivity index (χ1n) is 5.39. The minimum Gasteiger partial charge on any atom is -0.497 e. The third-order valence-corrected chi connectivity index (χ3v) is 2.85. The number of nitro groups is 1. The molecule has 0 fully saturated rings. The summed E-state index contributed by atoms with van der Waals surface area (Å²) in [7, 11) is 1.61. The number of H-pyrrole nitrogens is 1. The van der Waals surface area contributed by atoms with Crippen molar-refractivity contribution in [2.75, 3.05) is 7.11 Å². The molecule has 5 nitrogen and oxygen atoms in total. The number of rotatable bonds is 4. The van der Waals surface area contributed by atoms with Gasteiger partial charge in [0, 0.05) is 41.4 Å². The molecule has 0 aliphatic rings. The summed E-state index contributed by atoms with van der Waals surface area (Å²) < 4.78 is 5.12. The van der Waals surface area contributed by atoms with E-state index >= 15 is 0 Å². The smallest absolute Gasteiger partial charge is 0.214 e. The summed E-state index contributed by atoms with van der Waals surface area (Å²) in [6, 6.07) is 5.09. The highest BCUT2D eigenvalue weighted by Gasteiger charge is 2.16. The fourth-order valence-corrected chi connectivity index (χ4v) is 1.85. The zero-order valence-electron chi connectivity index (χ0n) is 9.77. The van der Waals surface area contributed by atoms with E-state index in [1.54, 1.807) is 14.0 Å². The fourth-order valence-electron chi connectivity index (χ4n) is 1.85. The molecule has 2 rings (SSSR count). The van der Waals surface area contributed by atoms with Crippen molar-refractivity contribution in [1.82, 2.24) is 4.98 Å². The van der Waals surface area contributed by atoms with E-state index in [2.05, 4.69) is 4.98 Å². The minimum atomic E-state index is -0.573. The first-order valence-corrected chi connectivity index (χ1v) is 5.39. The first kappa shape index (κ1) is 11.4. The molecular weight excluding hydrogens is 220 g/mol. The van der Waals surface area contributed by atoms with Gasteiger partial charge in [-0.2, -0.15) is 0 Å². The van der Waals surface area contributed by atoms with Crippen molar-refractivity contribution in [3.8, 4) is 5.75 Å². The van der Waals surface area contributed by atoms with E-state index in [0.717, 1.165) is 22.2 Å². The van der Waals surface area contributed by atoms with Crippen LogP contribution in [0.1, 0.15) is 12.5 Å². The molecule has 0 spiro atoms. The van der Waals surface area contributed by atoms with Crippen molar-refractivity contribution in [1.29, 1.82) is 0 Å². The van der Waals surface area contributed by atoms with Gasteiger partial charge in [0.1, 0.15) is 5.75 Å². The Morgan fingerprint density at radius 1 is 1.53 bits per heavy atom. The molecule has 1 unspecified atom stereocenters. The molecule has 1 N–H and O–H groups in total. The van der Waals surface area contributed by atoms with Crippen LogP contribution >= 0.6 is 0 Å². The number of nitrogens with one attached hydrogen (secondary N) is 1. The van der Waals surface area contributed by atoms with E-state index in [0.29, 0.717) is 6.42 Å². The third kappa shape index (κ3) is 2.22. The van der Waals surface area contributed by atoms with E-state index in [1.165, 1.54) is 0 Å². The summed E-state index contributed by atoms with van der Waals surface area (Å²) in [5.74, 6) is 0.772. The lowest BCUT2D eigenvalue weighted by molar-refractivity contribution is -0.517. The SMILES string of the molecule is COc1ccc2c(CC(C)[N+](=O)[O-])c[nH]c2c1.